The molecule has 0 aliphatic carbocycles. The monoisotopic (exact) mass is 337 g/mol. The summed E-state index contributed by atoms with van der Waals surface area (Å²) >= 11 is 3.42. The van der Waals surface area contributed by atoms with E-state index in [4.69, 9.17) is 9.15 Å². The van der Waals surface area contributed by atoms with E-state index >= 15 is 0 Å². The molecule has 0 spiro atoms. The molecule has 2 rings (SSSR count). The number of halogens is 1. The molecule has 20 heavy (non-hydrogen) atoms. The summed E-state index contributed by atoms with van der Waals surface area (Å²) in [5.74, 6) is 1.81. The van der Waals surface area contributed by atoms with Crippen molar-refractivity contribution in [1.82, 2.24) is 5.32 Å². The molecule has 0 saturated heterocycles. The van der Waals surface area contributed by atoms with Crippen LogP contribution in [0.4, 0.5) is 0 Å². The van der Waals surface area contributed by atoms with Crippen molar-refractivity contribution in [3.63, 3.8) is 0 Å². The minimum absolute atomic E-state index is 0.456. The van der Waals surface area contributed by atoms with Crippen LogP contribution in [0.5, 0.6) is 0 Å². The van der Waals surface area contributed by atoms with E-state index in [-0.39, 0.29) is 0 Å². The van der Waals surface area contributed by atoms with Gasteiger partial charge in [-0.15, -0.1) is 0 Å². The van der Waals surface area contributed by atoms with Gasteiger partial charge in [0.05, 0.1) is 13.2 Å². The molecule has 0 aliphatic rings. The van der Waals surface area contributed by atoms with Gasteiger partial charge in [0.15, 0.2) is 0 Å². The van der Waals surface area contributed by atoms with Gasteiger partial charge in [0.25, 0.3) is 0 Å². The van der Waals surface area contributed by atoms with Gasteiger partial charge in [0, 0.05) is 10.5 Å². The molecule has 0 amide bonds. The van der Waals surface area contributed by atoms with Crippen molar-refractivity contribution in [1.29, 1.82) is 0 Å². The molecule has 0 atom stereocenters. The summed E-state index contributed by atoms with van der Waals surface area (Å²) < 4.78 is 12.4. The molecule has 1 heterocycles. The van der Waals surface area contributed by atoms with Gasteiger partial charge in [-0.1, -0.05) is 41.9 Å². The topological polar surface area (TPSA) is 34.4 Å². The summed E-state index contributed by atoms with van der Waals surface area (Å²) in [4.78, 5) is 0. The first kappa shape index (κ1) is 15.3. The minimum Gasteiger partial charge on any atom is -0.462 e. The van der Waals surface area contributed by atoms with Crippen LogP contribution in [0.15, 0.2) is 45.3 Å². The fraction of sp³-hybridized carbons (Fsp3) is 0.375. The Kier molecular flexibility index (Phi) is 5.83. The highest BCUT2D eigenvalue weighted by Crippen LogP contribution is 2.13. The standard InChI is InChI=1S/C16H20BrNO2/c1-12(2)18-9-15-7-8-16(20-15)11-19-10-13-3-5-14(17)6-4-13/h3-8,12,18H,9-11H2,1-2H3. The molecule has 0 aliphatic heterocycles. The molecule has 1 aromatic carbocycles. The summed E-state index contributed by atoms with van der Waals surface area (Å²) in [6, 6.07) is 12.5. The van der Waals surface area contributed by atoms with Crippen molar-refractivity contribution < 1.29 is 9.15 Å². The van der Waals surface area contributed by atoms with Gasteiger partial charge in [-0.3, -0.25) is 0 Å². The highest BCUT2D eigenvalue weighted by molar-refractivity contribution is 9.10. The van der Waals surface area contributed by atoms with Crippen LogP contribution < -0.4 is 5.32 Å². The predicted octanol–water partition coefficient (Wildman–Crippen LogP) is 4.26. The average molecular weight is 338 g/mol. The van der Waals surface area contributed by atoms with Crippen molar-refractivity contribution in [2.75, 3.05) is 0 Å². The molecule has 108 valence electrons. The first-order chi connectivity index (χ1) is 9.63. The fourth-order valence-corrected chi connectivity index (χ4v) is 2.01. The molecule has 1 aromatic heterocycles. The molecular weight excluding hydrogens is 318 g/mol. The first-order valence-corrected chi connectivity index (χ1v) is 7.56. The van der Waals surface area contributed by atoms with E-state index in [0.29, 0.717) is 19.3 Å². The van der Waals surface area contributed by atoms with E-state index in [2.05, 4.69) is 35.1 Å². The van der Waals surface area contributed by atoms with Gasteiger partial charge in [-0.05, 0) is 29.8 Å². The molecule has 3 nitrogen and oxygen atoms in total. The maximum atomic E-state index is 5.70. The number of ether oxygens (including phenoxy) is 1. The third-order valence-electron chi connectivity index (χ3n) is 2.83. The number of furan rings is 1. The highest BCUT2D eigenvalue weighted by Gasteiger charge is 2.03. The molecule has 0 unspecified atom stereocenters. The third-order valence-corrected chi connectivity index (χ3v) is 3.36. The van der Waals surface area contributed by atoms with E-state index in [9.17, 15) is 0 Å². The third kappa shape index (κ3) is 5.12. The van der Waals surface area contributed by atoms with Crippen molar-refractivity contribution in [2.24, 2.45) is 0 Å². The second-order valence-electron chi connectivity index (χ2n) is 5.02. The van der Waals surface area contributed by atoms with Crippen LogP contribution in [0, 0.1) is 0 Å². The lowest BCUT2D eigenvalue weighted by molar-refractivity contribution is 0.0919. The van der Waals surface area contributed by atoms with Gasteiger partial charge < -0.3 is 14.5 Å². The molecule has 0 radical (unpaired) electrons. The van der Waals surface area contributed by atoms with Crippen molar-refractivity contribution >= 4 is 15.9 Å². The molecule has 0 fully saturated rings. The maximum absolute atomic E-state index is 5.70. The quantitative estimate of drug-likeness (QED) is 0.819. The number of hydrogen-bond donors (Lipinski definition) is 1. The lowest BCUT2D eigenvalue weighted by Gasteiger charge is -2.05. The van der Waals surface area contributed by atoms with Crippen LogP contribution in [-0.2, 0) is 24.5 Å². The van der Waals surface area contributed by atoms with Gasteiger partial charge >= 0.3 is 0 Å². The minimum atomic E-state index is 0.456. The lowest BCUT2D eigenvalue weighted by Crippen LogP contribution is -2.21. The Morgan fingerprint density at radius 1 is 1.05 bits per heavy atom. The van der Waals surface area contributed by atoms with Crippen molar-refractivity contribution in [2.45, 2.75) is 39.6 Å². The highest BCUT2D eigenvalue weighted by atomic mass is 79.9. The van der Waals surface area contributed by atoms with E-state index in [1.54, 1.807) is 0 Å². The summed E-state index contributed by atoms with van der Waals surface area (Å²) in [5.41, 5.74) is 1.15. The Labute approximate surface area is 128 Å². The van der Waals surface area contributed by atoms with Gasteiger partial charge in [0.2, 0.25) is 0 Å². The van der Waals surface area contributed by atoms with Crippen molar-refractivity contribution in [3.05, 3.63) is 58.0 Å². The largest absolute Gasteiger partial charge is 0.462 e. The van der Waals surface area contributed by atoms with Crippen LogP contribution in [0.2, 0.25) is 0 Å². The van der Waals surface area contributed by atoms with Crippen LogP contribution >= 0.6 is 15.9 Å². The Bertz CT molecular complexity index is 520. The molecule has 1 N–H and O–H groups in total. The lowest BCUT2D eigenvalue weighted by atomic mass is 10.2. The molecule has 4 heteroatoms. The SMILES string of the molecule is CC(C)NCc1ccc(COCc2ccc(Br)cc2)o1. The second-order valence-corrected chi connectivity index (χ2v) is 5.94. The molecule has 2 aromatic rings. The zero-order valence-electron chi connectivity index (χ0n) is 11.9. The van der Waals surface area contributed by atoms with Crippen LogP contribution in [0.25, 0.3) is 0 Å². The number of nitrogens with one attached hydrogen (secondary N) is 1. The summed E-state index contributed by atoms with van der Waals surface area (Å²) in [7, 11) is 0. The van der Waals surface area contributed by atoms with E-state index in [1.807, 2.05) is 36.4 Å². The smallest absolute Gasteiger partial charge is 0.129 e. The van der Waals surface area contributed by atoms with Crippen molar-refractivity contribution in [3.8, 4) is 0 Å². The Morgan fingerprint density at radius 3 is 2.45 bits per heavy atom. The van der Waals surface area contributed by atoms with E-state index in [1.165, 1.54) is 0 Å². The van der Waals surface area contributed by atoms with Crippen LogP contribution in [0.1, 0.15) is 30.9 Å². The zero-order valence-corrected chi connectivity index (χ0v) is 13.4. The number of hydrogen-bond acceptors (Lipinski definition) is 3. The number of benzene rings is 1. The van der Waals surface area contributed by atoms with Gasteiger partial charge in [0.1, 0.15) is 18.1 Å². The average Bonchev–Trinajstić information content (AvgIpc) is 2.87. The van der Waals surface area contributed by atoms with Gasteiger partial charge in [-0.2, -0.15) is 0 Å². The Balaban J connectivity index is 1.75. The second kappa shape index (κ2) is 7.62. The summed E-state index contributed by atoms with van der Waals surface area (Å²) in [6.07, 6.45) is 0. The van der Waals surface area contributed by atoms with E-state index in [0.717, 1.165) is 28.1 Å². The first-order valence-electron chi connectivity index (χ1n) is 6.76. The normalized spacial score (nSPS) is 11.2. The molecule has 0 bridgehead atoms. The summed E-state index contributed by atoms with van der Waals surface area (Å²) in [6.45, 7) is 6.08. The fourth-order valence-electron chi connectivity index (χ4n) is 1.75. The molecular formula is C16H20BrNO2. The zero-order chi connectivity index (χ0) is 14.4. The predicted molar refractivity (Wildman–Crippen MR) is 83.3 cm³/mol. The van der Waals surface area contributed by atoms with Gasteiger partial charge in [-0.25, -0.2) is 0 Å². The Morgan fingerprint density at radius 2 is 1.75 bits per heavy atom. The summed E-state index contributed by atoms with van der Waals surface area (Å²) in [5, 5.41) is 3.32. The Hall–Kier alpha value is -1.10. The number of rotatable bonds is 7. The maximum Gasteiger partial charge on any atom is 0.129 e. The van der Waals surface area contributed by atoms with Crippen LogP contribution in [-0.4, -0.2) is 6.04 Å². The van der Waals surface area contributed by atoms with E-state index < -0.39 is 0 Å². The molecule has 0 saturated carbocycles. The van der Waals surface area contributed by atoms with Crippen LogP contribution in [0.3, 0.4) is 0 Å².